The Morgan fingerprint density at radius 3 is 2.87 bits per heavy atom. The highest BCUT2D eigenvalue weighted by molar-refractivity contribution is 4.78. The van der Waals surface area contributed by atoms with Crippen molar-refractivity contribution in [3.63, 3.8) is 0 Å². The van der Waals surface area contributed by atoms with Gasteiger partial charge in [-0.05, 0) is 53.1 Å². The zero-order valence-electron chi connectivity index (χ0n) is 10.4. The van der Waals surface area contributed by atoms with Gasteiger partial charge in [0.05, 0.1) is 5.60 Å². The second kappa shape index (κ2) is 6.46. The van der Waals surface area contributed by atoms with Crippen LogP contribution < -0.4 is 10.6 Å². The minimum atomic E-state index is -0.0333. The minimum Gasteiger partial charge on any atom is -0.375 e. The zero-order valence-corrected chi connectivity index (χ0v) is 10.4. The molecule has 15 heavy (non-hydrogen) atoms. The van der Waals surface area contributed by atoms with E-state index in [0.29, 0.717) is 6.04 Å². The topological polar surface area (TPSA) is 33.3 Å². The first-order valence-electron chi connectivity index (χ1n) is 6.22. The van der Waals surface area contributed by atoms with Crippen LogP contribution in [0.2, 0.25) is 0 Å². The minimum absolute atomic E-state index is 0.0333. The van der Waals surface area contributed by atoms with Crippen LogP contribution in [0.15, 0.2) is 0 Å². The lowest BCUT2D eigenvalue weighted by atomic mass is 10.1. The molecule has 90 valence electrons. The van der Waals surface area contributed by atoms with Crippen molar-refractivity contribution in [2.24, 2.45) is 0 Å². The van der Waals surface area contributed by atoms with Crippen molar-refractivity contribution in [3.05, 3.63) is 0 Å². The van der Waals surface area contributed by atoms with Crippen LogP contribution in [0.5, 0.6) is 0 Å². The molecule has 0 bridgehead atoms. The van der Waals surface area contributed by atoms with Crippen molar-refractivity contribution >= 4 is 0 Å². The van der Waals surface area contributed by atoms with Gasteiger partial charge in [-0.15, -0.1) is 0 Å². The lowest BCUT2D eigenvalue weighted by molar-refractivity contribution is -0.0108. The van der Waals surface area contributed by atoms with Crippen molar-refractivity contribution in [1.29, 1.82) is 0 Å². The van der Waals surface area contributed by atoms with Crippen LogP contribution in [0.25, 0.3) is 0 Å². The van der Waals surface area contributed by atoms with E-state index in [-0.39, 0.29) is 5.60 Å². The lowest BCUT2D eigenvalue weighted by Gasteiger charge is -2.28. The monoisotopic (exact) mass is 214 g/mol. The second-order valence-electron chi connectivity index (χ2n) is 4.95. The summed E-state index contributed by atoms with van der Waals surface area (Å²) in [4.78, 5) is 0. The SMILES string of the molecule is CCOC(C)(C)CNC1CCCNCC1. The van der Waals surface area contributed by atoms with Gasteiger partial charge in [-0.25, -0.2) is 0 Å². The van der Waals surface area contributed by atoms with Gasteiger partial charge in [0, 0.05) is 19.2 Å². The standard InChI is InChI=1S/C12H26N2O/c1-4-15-12(2,3)10-14-11-6-5-8-13-9-7-11/h11,13-14H,4-10H2,1-3H3. The highest BCUT2D eigenvalue weighted by atomic mass is 16.5. The van der Waals surface area contributed by atoms with Gasteiger partial charge in [0.25, 0.3) is 0 Å². The summed E-state index contributed by atoms with van der Waals surface area (Å²) in [6, 6.07) is 0.666. The number of ether oxygens (including phenoxy) is 1. The van der Waals surface area contributed by atoms with Gasteiger partial charge in [0.2, 0.25) is 0 Å². The first kappa shape index (κ1) is 12.9. The summed E-state index contributed by atoms with van der Waals surface area (Å²) in [5, 5.41) is 7.05. The van der Waals surface area contributed by atoms with Gasteiger partial charge < -0.3 is 15.4 Å². The Hall–Kier alpha value is -0.120. The quantitative estimate of drug-likeness (QED) is 0.728. The molecule has 0 saturated carbocycles. The third-order valence-electron chi connectivity index (χ3n) is 2.93. The Labute approximate surface area is 94.0 Å². The molecule has 1 rings (SSSR count). The van der Waals surface area contributed by atoms with Crippen molar-refractivity contribution in [1.82, 2.24) is 10.6 Å². The molecule has 0 aromatic carbocycles. The summed E-state index contributed by atoms with van der Waals surface area (Å²) in [6.45, 7) is 10.4. The van der Waals surface area contributed by atoms with Crippen molar-refractivity contribution in [2.75, 3.05) is 26.2 Å². The number of hydrogen-bond acceptors (Lipinski definition) is 3. The van der Waals surface area contributed by atoms with Crippen LogP contribution in [0, 0.1) is 0 Å². The van der Waals surface area contributed by atoms with Crippen molar-refractivity contribution < 1.29 is 4.74 Å². The largest absolute Gasteiger partial charge is 0.375 e. The van der Waals surface area contributed by atoms with Crippen LogP contribution in [0.1, 0.15) is 40.0 Å². The van der Waals surface area contributed by atoms with Crippen molar-refractivity contribution in [2.45, 2.75) is 51.7 Å². The average Bonchev–Trinajstić information content (AvgIpc) is 2.43. The van der Waals surface area contributed by atoms with Crippen LogP contribution >= 0.6 is 0 Å². The van der Waals surface area contributed by atoms with E-state index in [1.807, 2.05) is 0 Å². The predicted octanol–water partition coefficient (Wildman–Crippen LogP) is 1.53. The molecule has 1 aliphatic heterocycles. The normalized spacial score (nSPS) is 23.8. The Bertz CT molecular complexity index is 163. The molecule has 3 nitrogen and oxygen atoms in total. The average molecular weight is 214 g/mol. The van der Waals surface area contributed by atoms with Crippen LogP contribution in [-0.4, -0.2) is 37.9 Å². The fraction of sp³-hybridized carbons (Fsp3) is 1.00. The molecule has 1 aliphatic rings. The summed E-state index contributed by atoms with van der Waals surface area (Å²) < 4.78 is 5.67. The smallest absolute Gasteiger partial charge is 0.0750 e. The molecular weight excluding hydrogens is 188 g/mol. The fourth-order valence-electron chi connectivity index (χ4n) is 2.06. The summed E-state index contributed by atoms with van der Waals surface area (Å²) >= 11 is 0. The summed E-state index contributed by atoms with van der Waals surface area (Å²) in [7, 11) is 0. The van der Waals surface area contributed by atoms with E-state index in [9.17, 15) is 0 Å². The summed E-state index contributed by atoms with van der Waals surface area (Å²) in [5.41, 5.74) is -0.0333. The number of hydrogen-bond donors (Lipinski definition) is 2. The molecule has 1 unspecified atom stereocenters. The maximum Gasteiger partial charge on any atom is 0.0750 e. The molecule has 0 radical (unpaired) electrons. The Morgan fingerprint density at radius 2 is 2.13 bits per heavy atom. The molecule has 1 fully saturated rings. The zero-order chi connectivity index (χ0) is 11.1. The Morgan fingerprint density at radius 1 is 1.33 bits per heavy atom. The van der Waals surface area contributed by atoms with E-state index in [2.05, 4.69) is 31.4 Å². The van der Waals surface area contributed by atoms with Gasteiger partial charge in [0.15, 0.2) is 0 Å². The highest BCUT2D eigenvalue weighted by Crippen LogP contribution is 2.10. The molecule has 1 saturated heterocycles. The second-order valence-corrected chi connectivity index (χ2v) is 4.95. The molecule has 0 amide bonds. The third-order valence-corrected chi connectivity index (χ3v) is 2.93. The molecular formula is C12H26N2O. The maximum atomic E-state index is 5.67. The Balaban J connectivity index is 2.22. The van der Waals surface area contributed by atoms with Gasteiger partial charge in [0.1, 0.15) is 0 Å². The van der Waals surface area contributed by atoms with E-state index in [1.165, 1.54) is 25.8 Å². The summed E-state index contributed by atoms with van der Waals surface area (Å²) in [5.74, 6) is 0. The molecule has 3 heteroatoms. The van der Waals surface area contributed by atoms with Gasteiger partial charge in [-0.1, -0.05) is 0 Å². The van der Waals surface area contributed by atoms with E-state index in [0.717, 1.165) is 19.7 Å². The third kappa shape index (κ3) is 5.50. The van der Waals surface area contributed by atoms with E-state index < -0.39 is 0 Å². The number of nitrogens with one attached hydrogen (secondary N) is 2. The van der Waals surface area contributed by atoms with E-state index in [4.69, 9.17) is 4.74 Å². The van der Waals surface area contributed by atoms with Gasteiger partial charge >= 0.3 is 0 Å². The van der Waals surface area contributed by atoms with Gasteiger partial charge in [-0.3, -0.25) is 0 Å². The highest BCUT2D eigenvalue weighted by Gasteiger charge is 2.19. The molecule has 1 atom stereocenters. The van der Waals surface area contributed by atoms with E-state index >= 15 is 0 Å². The molecule has 0 aliphatic carbocycles. The molecule has 1 heterocycles. The Kier molecular flexibility index (Phi) is 5.58. The molecule has 0 aromatic rings. The number of rotatable bonds is 5. The lowest BCUT2D eigenvalue weighted by Crippen LogP contribution is -2.42. The van der Waals surface area contributed by atoms with Crippen molar-refractivity contribution in [3.8, 4) is 0 Å². The van der Waals surface area contributed by atoms with Crippen LogP contribution in [0.3, 0.4) is 0 Å². The maximum absolute atomic E-state index is 5.67. The van der Waals surface area contributed by atoms with E-state index in [1.54, 1.807) is 0 Å². The first-order chi connectivity index (χ1) is 7.14. The molecule has 0 spiro atoms. The van der Waals surface area contributed by atoms with Crippen LogP contribution in [-0.2, 0) is 4.74 Å². The van der Waals surface area contributed by atoms with Gasteiger partial charge in [-0.2, -0.15) is 0 Å². The molecule has 2 N–H and O–H groups in total. The predicted molar refractivity (Wildman–Crippen MR) is 64.2 cm³/mol. The first-order valence-corrected chi connectivity index (χ1v) is 6.22. The fourth-order valence-corrected chi connectivity index (χ4v) is 2.06. The summed E-state index contributed by atoms with van der Waals surface area (Å²) in [6.07, 6.45) is 3.81. The molecule has 0 aromatic heterocycles. The van der Waals surface area contributed by atoms with Crippen LogP contribution in [0.4, 0.5) is 0 Å².